The Hall–Kier alpha value is -6.68. The van der Waals surface area contributed by atoms with E-state index in [1.165, 1.54) is 84.9 Å². The summed E-state index contributed by atoms with van der Waals surface area (Å²) in [6.45, 7) is -0.980. The highest BCUT2D eigenvalue weighted by molar-refractivity contribution is 6.15. The van der Waals surface area contributed by atoms with Crippen molar-refractivity contribution in [2.45, 2.75) is 23.2 Å². The van der Waals surface area contributed by atoms with Crippen molar-refractivity contribution < 1.29 is 39.1 Å². The Kier molecular flexibility index (Phi) is 8.61. The molecule has 0 saturated carbocycles. The monoisotopic (exact) mass is 714 g/mol. The summed E-state index contributed by atoms with van der Waals surface area (Å²) in [4.78, 5) is 79.1. The van der Waals surface area contributed by atoms with Crippen molar-refractivity contribution in [2.24, 2.45) is 16.6 Å². The number of ether oxygens (including phenoxy) is 1. The van der Waals surface area contributed by atoms with Crippen molar-refractivity contribution in [3.8, 4) is 0 Å². The van der Waals surface area contributed by atoms with Crippen molar-refractivity contribution in [2.75, 3.05) is 6.61 Å². The lowest BCUT2D eigenvalue weighted by Gasteiger charge is -2.41. The molecule has 15 heteroatoms. The Morgan fingerprint density at radius 2 is 1.26 bits per heavy atom. The molecule has 0 amide bonds. The number of nitrogens with one attached hydrogen (secondary N) is 1. The Morgan fingerprint density at radius 1 is 0.792 bits per heavy atom. The lowest BCUT2D eigenvalue weighted by molar-refractivity contribution is -0.554. The van der Waals surface area contributed by atoms with Crippen LogP contribution in [0.25, 0.3) is 5.82 Å². The standard InChI is InChI=1S/C38H30N6O9/c39-34-29-35(42-38(41-34,44(51)52)33(49)26-19-11-4-12-20-26)43(22-40-29)37(32(48)25-17-9-3-10-18-25)36(50,31(47)24-15-7-2-8-16-24)28(27(21-45)53-37)30(46)23-13-5-1-6-14-23/h1-20,22,27-28,41,45,50H,21,39H2/t27-,28?,36+,37-,38?/m1/s1. The molecule has 0 aliphatic carbocycles. The number of carbonyl (C=O) groups excluding carboxylic acids is 4. The summed E-state index contributed by atoms with van der Waals surface area (Å²) >= 11 is 0. The minimum Gasteiger partial charge on any atom is -0.394 e. The molecule has 5 N–H and O–H groups in total. The van der Waals surface area contributed by atoms with Crippen LogP contribution in [0.2, 0.25) is 0 Å². The summed E-state index contributed by atoms with van der Waals surface area (Å²) < 4.78 is 7.18. The summed E-state index contributed by atoms with van der Waals surface area (Å²) in [5, 5.41) is 39.1. The number of imidazole rings is 1. The van der Waals surface area contributed by atoms with Crippen LogP contribution in [0.3, 0.4) is 0 Å². The fraction of sp³-hybridized carbons (Fsp3) is 0.158. The average molecular weight is 715 g/mol. The Balaban J connectivity index is 1.60. The van der Waals surface area contributed by atoms with Gasteiger partial charge in [0, 0.05) is 22.3 Å². The predicted octanol–water partition coefficient (Wildman–Crippen LogP) is 0.984. The molecule has 0 radical (unpaired) electrons. The van der Waals surface area contributed by atoms with Gasteiger partial charge in [0.05, 0.1) is 23.6 Å². The van der Waals surface area contributed by atoms with Crippen LogP contribution in [-0.2, 0) is 10.5 Å². The maximum atomic E-state index is 15.2. The van der Waals surface area contributed by atoms with Gasteiger partial charge in [-0.3, -0.25) is 39.2 Å². The molecule has 266 valence electrons. The van der Waals surface area contributed by atoms with E-state index < -0.39 is 75.1 Å². The third-order valence-electron chi connectivity index (χ3n) is 9.44. The van der Waals surface area contributed by atoms with Crippen LogP contribution < -0.4 is 21.9 Å². The molecule has 53 heavy (non-hydrogen) atoms. The lowest BCUT2D eigenvalue weighted by atomic mass is 9.69. The van der Waals surface area contributed by atoms with Crippen molar-refractivity contribution in [3.63, 3.8) is 0 Å². The molecule has 1 saturated heterocycles. The minimum absolute atomic E-state index is 0.0155. The molecule has 5 aromatic rings. The fourth-order valence-electron chi connectivity index (χ4n) is 6.97. The van der Waals surface area contributed by atoms with E-state index in [1.54, 1.807) is 36.4 Å². The van der Waals surface area contributed by atoms with Crippen LogP contribution in [0.4, 0.5) is 0 Å². The summed E-state index contributed by atoms with van der Waals surface area (Å²) in [5.74, 6) is -9.81. The number of aromatic nitrogens is 2. The first-order valence-corrected chi connectivity index (χ1v) is 16.3. The van der Waals surface area contributed by atoms with Crippen LogP contribution in [0.15, 0.2) is 133 Å². The molecule has 0 spiro atoms. The molecule has 1 aromatic heterocycles. The highest BCUT2D eigenvalue weighted by atomic mass is 16.6. The van der Waals surface area contributed by atoms with E-state index in [0.717, 1.165) is 10.9 Å². The van der Waals surface area contributed by atoms with E-state index in [-0.39, 0.29) is 27.6 Å². The van der Waals surface area contributed by atoms with Gasteiger partial charge >= 0.3 is 5.79 Å². The van der Waals surface area contributed by atoms with Gasteiger partial charge in [-0.15, -0.1) is 0 Å². The van der Waals surface area contributed by atoms with Crippen molar-refractivity contribution >= 4 is 29.0 Å². The molecular formula is C38H30N6O9. The zero-order valence-corrected chi connectivity index (χ0v) is 27.6. The number of benzene rings is 4. The van der Waals surface area contributed by atoms with Gasteiger partial charge in [-0.1, -0.05) is 121 Å². The quantitative estimate of drug-likeness (QED) is 0.0853. The van der Waals surface area contributed by atoms with Gasteiger partial charge in [0.15, 0.2) is 16.9 Å². The number of fused-ring (bicyclic) bond motifs is 1. The smallest absolute Gasteiger partial charge is 0.394 e. The Labute approximate surface area is 299 Å². The number of rotatable bonds is 11. The molecule has 3 heterocycles. The lowest BCUT2D eigenvalue weighted by Crippen LogP contribution is -2.69. The maximum Gasteiger partial charge on any atom is 0.460 e. The molecule has 5 atom stereocenters. The van der Waals surface area contributed by atoms with Crippen molar-refractivity contribution in [1.82, 2.24) is 14.9 Å². The number of Topliss-reactive ketones (excluding diaryl/α,β-unsaturated/α-hetero) is 4. The number of ketones is 4. The first-order valence-electron chi connectivity index (χ1n) is 16.3. The second kappa shape index (κ2) is 13.1. The van der Waals surface area contributed by atoms with E-state index in [1.807, 2.05) is 0 Å². The number of carbonyl (C=O) groups is 4. The highest BCUT2D eigenvalue weighted by Gasteiger charge is 2.75. The van der Waals surface area contributed by atoms with Crippen LogP contribution in [0.5, 0.6) is 0 Å². The summed E-state index contributed by atoms with van der Waals surface area (Å²) in [7, 11) is 0. The number of hydrogen-bond donors (Lipinski definition) is 4. The summed E-state index contributed by atoms with van der Waals surface area (Å²) in [6.07, 6.45) is -0.820. The SMILES string of the molecule is NC1=c2ncn([C@]3(C(=O)c4ccccc4)O[C@H](CO)C(C(=O)c4ccccc4)[C@]3(O)C(=O)c3ccccc3)c2=NC(C(=O)c2ccccc2)([N+](=O)[O-])N1. The van der Waals surface area contributed by atoms with Gasteiger partial charge < -0.3 is 20.7 Å². The number of aliphatic hydroxyl groups is 2. The van der Waals surface area contributed by atoms with E-state index in [2.05, 4.69) is 15.3 Å². The molecule has 0 bridgehead atoms. The second-order valence-corrected chi connectivity index (χ2v) is 12.4. The molecule has 2 unspecified atom stereocenters. The molecule has 15 nitrogen and oxygen atoms in total. The van der Waals surface area contributed by atoms with Gasteiger partial charge in [-0.05, 0) is 0 Å². The normalized spacial score (nSPS) is 24.7. The van der Waals surface area contributed by atoms with Crippen molar-refractivity contribution in [3.05, 3.63) is 171 Å². The van der Waals surface area contributed by atoms with E-state index >= 15 is 4.79 Å². The number of nitro groups is 1. The van der Waals surface area contributed by atoms with Gasteiger partial charge in [0.1, 0.15) is 17.5 Å². The zero-order valence-electron chi connectivity index (χ0n) is 27.6. The number of nitrogens with two attached hydrogens (primary N) is 1. The molecular weight excluding hydrogens is 684 g/mol. The average Bonchev–Trinajstić information content (AvgIpc) is 3.75. The highest BCUT2D eigenvalue weighted by Crippen LogP contribution is 2.51. The zero-order chi connectivity index (χ0) is 37.5. The van der Waals surface area contributed by atoms with Gasteiger partial charge in [0.25, 0.3) is 5.78 Å². The van der Waals surface area contributed by atoms with Gasteiger partial charge in [-0.25, -0.2) is 4.98 Å². The first kappa shape index (κ1) is 34.8. The second-order valence-electron chi connectivity index (χ2n) is 12.4. The number of nitrogens with zero attached hydrogens (tertiary/aromatic N) is 4. The van der Waals surface area contributed by atoms with E-state index in [0.29, 0.717) is 0 Å². The largest absolute Gasteiger partial charge is 0.460 e. The Bertz CT molecular complexity index is 2390. The molecule has 2 aliphatic rings. The molecule has 7 rings (SSSR count). The van der Waals surface area contributed by atoms with Crippen LogP contribution in [-0.4, -0.2) is 71.9 Å². The number of aliphatic hydroxyl groups excluding tert-OH is 1. The minimum atomic E-state index is -3.23. The van der Waals surface area contributed by atoms with Crippen LogP contribution in [0, 0.1) is 16.0 Å². The van der Waals surface area contributed by atoms with E-state index in [4.69, 9.17) is 10.5 Å². The fourth-order valence-corrected chi connectivity index (χ4v) is 6.97. The van der Waals surface area contributed by atoms with Crippen LogP contribution >= 0.6 is 0 Å². The molecule has 4 aromatic carbocycles. The van der Waals surface area contributed by atoms with Gasteiger partial charge in [0.2, 0.25) is 17.3 Å². The van der Waals surface area contributed by atoms with Gasteiger partial charge in [-0.2, -0.15) is 4.99 Å². The van der Waals surface area contributed by atoms with E-state index in [9.17, 15) is 34.7 Å². The summed E-state index contributed by atoms with van der Waals surface area (Å²) in [5.41, 5.74) is -0.997. The maximum absolute atomic E-state index is 15.2. The number of hydrogen-bond acceptors (Lipinski definition) is 13. The third-order valence-corrected chi connectivity index (χ3v) is 9.44. The van der Waals surface area contributed by atoms with Crippen molar-refractivity contribution in [1.29, 1.82) is 0 Å². The third kappa shape index (κ3) is 5.17. The Morgan fingerprint density at radius 3 is 1.75 bits per heavy atom. The van der Waals surface area contributed by atoms with Crippen LogP contribution in [0.1, 0.15) is 41.4 Å². The topological polar surface area (TPSA) is 229 Å². The predicted molar refractivity (Wildman–Crippen MR) is 185 cm³/mol. The summed E-state index contributed by atoms with van der Waals surface area (Å²) in [6, 6.07) is 29.5. The first-order chi connectivity index (χ1) is 25.5. The molecule has 1 fully saturated rings. The molecule has 2 aliphatic heterocycles.